The van der Waals surface area contributed by atoms with E-state index in [1.807, 2.05) is 13.8 Å². The van der Waals surface area contributed by atoms with Crippen LogP contribution in [0.3, 0.4) is 0 Å². The van der Waals surface area contributed by atoms with Gasteiger partial charge in [0, 0.05) is 0 Å². The Morgan fingerprint density at radius 1 is 1.10 bits per heavy atom. The molecule has 0 spiro atoms. The van der Waals surface area contributed by atoms with Crippen molar-refractivity contribution in [1.29, 1.82) is 0 Å². The van der Waals surface area contributed by atoms with Crippen LogP contribution in [-0.4, -0.2) is 0 Å². The first kappa shape index (κ1) is 10.0. The maximum absolute atomic E-state index is 2.38. The summed E-state index contributed by atoms with van der Waals surface area (Å²) in [7, 11) is 0. The van der Waals surface area contributed by atoms with Crippen molar-refractivity contribution in [3.05, 3.63) is 0 Å². The van der Waals surface area contributed by atoms with Crippen LogP contribution in [0.4, 0.5) is 0 Å². The van der Waals surface area contributed by atoms with E-state index < -0.39 is 0 Å². The second kappa shape index (κ2) is 2.94. The van der Waals surface area contributed by atoms with Crippen molar-refractivity contribution in [2.24, 2.45) is 10.8 Å². The van der Waals surface area contributed by atoms with Crippen molar-refractivity contribution in [1.82, 2.24) is 0 Å². The molecule has 0 aliphatic heterocycles. The van der Waals surface area contributed by atoms with Gasteiger partial charge in [-0.3, -0.25) is 0 Å². The maximum Gasteiger partial charge on any atom is -0.0272 e. The summed E-state index contributed by atoms with van der Waals surface area (Å²) in [5.74, 6) is 0. The van der Waals surface area contributed by atoms with Crippen molar-refractivity contribution in [3.8, 4) is 0 Å². The lowest BCUT2D eigenvalue weighted by Crippen LogP contribution is -2.00. The highest BCUT2D eigenvalue weighted by Gasteiger charge is 2.55. The average Bonchev–Trinajstić information content (AvgIpc) is 2.39. The molecule has 1 unspecified atom stereocenters. The first-order chi connectivity index (χ1) is 4.52. The van der Waals surface area contributed by atoms with E-state index in [-0.39, 0.29) is 0 Å². The molecule has 0 nitrogen and oxygen atoms in total. The Morgan fingerprint density at radius 3 is 1.40 bits per heavy atom. The van der Waals surface area contributed by atoms with Crippen LogP contribution in [0.25, 0.3) is 0 Å². The maximum atomic E-state index is 2.38. The molecule has 1 saturated carbocycles. The van der Waals surface area contributed by atoms with E-state index in [1.165, 1.54) is 12.8 Å². The molecule has 1 aliphatic carbocycles. The summed E-state index contributed by atoms with van der Waals surface area (Å²) >= 11 is 0. The Labute approximate surface area is 66.0 Å². The van der Waals surface area contributed by atoms with Crippen LogP contribution >= 0.6 is 0 Å². The Kier molecular flexibility index (Phi) is 2.94. The van der Waals surface area contributed by atoms with Gasteiger partial charge >= 0.3 is 0 Å². The highest BCUT2D eigenvalue weighted by atomic mass is 14.6. The molecule has 0 aromatic carbocycles. The van der Waals surface area contributed by atoms with Gasteiger partial charge in [-0.2, -0.15) is 0 Å². The third-order valence-electron chi connectivity index (χ3n) is 3.12. The standard InChI is InChI=1S/C8H16.C2H6/c1-5-8(4)6-7(8,2)3;1-2/h5-6H2,1-4H3;1-2H3. The van der Waals surface area contributed by atoms with E-state index in [2.05, 4.69) is 27.7 Å². The number of rotatable bonds is 1. The summed E-state index contributed by atoms with van der Waals surface area (Å²) in [5, 5.41) is 0. The molecule has 1 atom stereocenters. The SMILES string of the molecule is CC.CCC1(C)CC1(C)C. The molecule has 0 heterocycles. The highest BCUT2D eigenvalue weighted by molar-refractivity contribution is 5.05. The Bertz CT molecular complexity index is 103. The fourth-order valence-electron chi connectivity index (χ4n) is 1.53. The van der Waals surface area contributed by atoms with Gasteiger partial charge in [0.2, 0.25) is 0 Å². The summed E-state index contributed by atoms with van der Waals surface area (Å²) in [6.07, 6.45) is 2.77. The summed E-state index contributed by atoms with van der Waals surface area (Å²) in [6, 6.07) is 0. The van der Waals surface area contributed by atoms with E-state index in [9.17, 15) is 0 Å². The van der Waals surface area contributed by atoms with Gasteiger partial charge in [-0.25, -0.2) is 0 Å². The van der Waals surface area contributed by atoms with Crippen LogP contribution in [0.5, 0.6) is 0 Å². The predicted octanol–water partition coefficient (Wildman–Crippen LogP) is 3.86. The quantitative estimate of drug-likeness (QED) is 0.521. The van der Waals surface area contributed by atoms with Gasteiger partial charge in [-0.05, 0) is 17.3 Å². The third kappa shape index (κ3) is 1.53. The van der Waals surface area contributed by atoms with Crippen molar-refractivity contribution in [3.63, 3.8) is 0 Å². The summed E-state index contributed by atoms with van der Waals surface area (Å²) in [6.45, 7) is 13.4. The Balaban J connectivity index is 0.000000371. The van der Waals surface area contributed by atoms with Crippen LogP contribution in [0.2, 0.25) is 0 Å². The molecule has 0 radical (unpaired) electrons. The summed E-state index contributed by atoms with van der Waals surface area (Å²) < 4.78 is 0. The topological polar surface area (TPSA) is 0 Å². The molecule has 62 valence electrons. The van der Waals surface area contributed by atoms with E-state index >= 15 is 0 Å². The van der Waals surface area contributed by atoms with Crippen LogP contribution < -0.4 is 0 Å². The van der Waals surface area contributed by atoms with Gasteiger partial charge in [0.1, 0.15) is 0 Å². The highest BCUT2D eigenvalue weighted by Crippen LogP contribution is 2.64. The minimum Gasteiger partial charge on any atom is -0.0683 e. The molecule has 0 saturated heterocycles. The largest absolute Gasteiger partial charge is 0.0683 e. The Hall–Kier alpha value is 0. The van der Waals surface area contributed by atoms with Crippen molar-refractivity contribution < 1.29 is 0 Å². The fourth-order valence-corrected chi connectivity index (χ4v) is 1.53. The van der Waals surface area contributed by atoms with Gasteiger partial charge in [0.25, 0.3) is 0 Å². The fraction of sp³-hybridized carbons (Fsp3) is 1.00. The lowest BCUT2D eigenvalue weighted by Gasteiger charge is -2.09. The number of hydrogen-bond donors (Lipinski definition) is 0. The molecular formula is C10H22. The van der Waals surface area contributed by atoms with Gasteiger partial charge in [-0.15, -0.1) is 0 Å². The zero-order valence-electron chi connectivity index (χ0n) is 8.41. The predicted molar refractivity (Wildman–Crippen MR) is 48.1 cm³/mol. The molecule has 10 heavy (non-hydrogen) atoms. The molecular weight excluding hydrogens is 120 g/mol. The van der Waals surface area contributed by atoms with Crippen molar-refractivity contribution in [2.45, 2.75) is 54.4 Å². The second-order valence-electron chi connectivity index (χ2n) is 3.97. The first-order valence-corrected chi connectivity index (χ1v) is 4.52. The monoisotopic (exact) mass is 142 g/mol. The van der Waals surface area contributed by atoms with E-state index in [0.29, 0.717) is 10.8 Å². The lowest BCUT2D eigenvalue weighted by atomic mass is 9.96. The van der Waals surface area contributed by atoms with E-state index in [4.69, 9.17) is 0 Å². The third-order valence-corrected chi connectivity index (χ3v) is 3.12. The van der Waals surface area contributed by atoms with Crippen LogP contribution in [0, 0.1) is 10.8 Å². The average molecular weight is 142 g/mol. The Morgan fingerprint density at radius 2 is 1.40 bits per heavy atom. The molecule has 0 aromatic rings. The van der Waals surface area contributed by atoms with Gasteiger partial charge < -0.3 is 0 Å². The zero-order chi connectivity index (χ0) is 8.41. The normalized spacial score (nSPS) is 34.2. The van der Waals surface area contributed by atoms with Crippen LogP contribution in [-0.2, 0) is 0 Å². The number of hydrogen-bond acceptors (Lipinski definition) is 0. The second-order valence-corrected chi connectivity index (χ2v) is 3.97. The van der Waals surface area contributed by atoms with Gasteiger partial charge in [-0.1, -0.05) is 48.0 Å². The first-order valence-electron chi connectivity index (χ1n) is 4.52. The summed E-state index contributed by atoms with van der Waals surface area (Å²) in [4.78, 5) is 0. The van der Waals surface area contributed by atoms with E-state index in [0.717, 1.165) is 0 Å². The van der Waals surface area contributed by atoms with Crippen molar-refractivity contribution in [2.75, 3.05) is 0 Å². The van der Waals surface area contributed by atoms with E-state index in [1.54, 1.807) is 0 Å². The molecule has 0 bridgehead atoms. The zero-order valence-corrected chi connectivity index (χ0v) is 8.41. The molecule has 1 rings (SSSR count). The smallest absolute Gasteiger partial charge is 0.0272 e. The van der Waals surface area contributed by atoms with Crippen LogP contribution in [0.1, 0.15) is 54.4 Å². The van der Waals surface area contributed by atoms with Crippen LogP contribution in [0.15, 0.2) is 0 Å². The molecule has 1 fully saturated rings. The van der Waals surface area contributed by atoms with Gasteiger partial charge in [0.15, 0.2) is 0 Å². The minimum atomic E-state index is 0.655. The summed E-state index contributed by atoms with van der Waals surface area (Å²) in [5.41, 5.74) is 1.34. The van der Waals surface area contributed by atoms with Gasteiger partial charge in [0.05, 0.1) is 0 Å². The molecule has 0 heteroatoms. The molecule has 0 N–H and O–H groups in total. The molecule has 0 amide bonds. The molecule has 1 aliphatic rings. The minimum absolute atomic E-state index is 0.655. The molecule has 0 aromatic heterocycles. The lowest BCUT2D eigenvalue weighted by molar-refractivity contribution is 0.406. The van der Waals surface area contributed by atoms with Crippen molar-refractivity contribution >= 4 is 0 Å².